The molecule has 1 amide bonds. The van der Waals surface area contributed by atoms with Crippen molar-refractivity contribution in [3.05, 3.63) is 72.2 Å². The van der Waals surface area contributed by atoms with Crippen LogP contribution in [0.25, 0.3) is 16.9 Å². The van der Waals surface area contributed by atoms with Crippen LogP contribution in [0.5, 0.6) is 5.75 Å². The molecule has 2 aromatic carbocycles. The average Bonchev–Trinajstić information content (AvgIpc) is 3.34. The summed E-state index contributed by atoms with van der Waals surface area (Å²) in [5.74, 6) is 0.670. The Bertz CT molecular complexity index is 1420. The molecule has 198 valence electrons. The lowest BCUT2D eigenvalue weighted by Gasteiger charge is -2.34. The molecule has 3 heterocycles. The number of imidazole rings is 1. The lowest BCUT2D eigenvalue weighted by Crippen LogP contribution is -2.49. The molecular formula is C27H29F2N7O2. The number of anilines is 2. The molecule has 11 heteroatoms. The van der Waals surface area contributed by atoms with Crippen molar-refractivity contribution >= 4 is 23.1 Å². The van der Waals surface area contributed by atoms with Crippen molar-refractivity contribution < 1.29 is 18.3 Å². The Kier molecular flexibility index (Phi) is 7.47. The van der Waals surface area contributed by atoms with Gasteiger partial charge in [-0.15, -0.1) is 0 Å². The second-order valence-corrected chi connectivity index (χ2v) is 9.09. The Morgan fingerprint density at radius 1 is 1.11 bits per heavy atom. The summed E-state index contributed by atoms with van der Waals surface area (Å²) in [6.07, 6.45) is 5.14. The number of ether oxygens (including phenoxy) is 1. The molecule has 0 unspecified atom stereocenters. The number of hydrogen-bond donors (Lipinski definition) is 2. The Balaban J connectivity index is 1.32. The van der Waals surface area contributed by atoms with Crippen molar-refractivity contribution in [3.8, 4) is 17.0 Å². The molecule has 0 aliphatic carbocycles. The third kappa shape index (κ3) is 5.43. The summed E-state index contributed by atoms with van der Waals surface area (Å²) in [7, 11) is 0. The maximum Gasteiger partial charge on any atom is 0.387 e. The lowest BCUT2D eigenvalue weighted by molar-refractivity contribution is -0.0498. The topological polar surface area (TPSA) is 101 Å². The van der Waals surface area contributed by atoms with Crippen LogP contribution in [-0.4, -0.2) is 76.0 Å². The predicted octanol–water partition coefficient (Wildman–Crippen LogP) is 3.77. The van der Waals surface area contributed by atoms with Gasteiger partial charge in [-0.3, -0.25) is 14.1 Å². The number of nitrogens with zero attached hydrogens (tertiary/aromatic N) is 5. The van der Waals surface area contributed by atoms with E-state index in [4.69, 9.17) is 5.73 Å². The number of carbonyl (C=O) groups excluding carboxylic acids is 1. The van der Waals surface area contributed by atoms with Crippen LogP contribution in [0, 0.1) is 6.92 Å². The van der Waals surface area contributed by atoms with E-state index in [1.807, 2.05) is 34.4 Å². The zero-order valence-electron chi connectivity index (χ0n) is 21.0. The first-order chi connectivity index (χ1) is 18.4. The molecule has 1 fully saturated rings. The van der Waals surface area contributed by atoms with E-state index in [1.54, 1.807) is 30.7 Å². The lowest BCUT2D eigenvalue weighted by atomic mass is 10.1. The summed E-state index contributed by atoms with van der Waals surface area (Å²) in [5, 5.41) is 3.31. The maximum atomic E-state index is 13.1. The van der Waals surface area contributed by atoms with Crippen molar-refractivity contribution in [3.63, 3.8) is 0 Å². The first kappa shape index (κ1) is 25.6. The van der Waals surface area contributed by atoms with E-state index in [2.05, 4.69) is 24.9 Å². The summed E-state index contributed by atoms with van der Waals surface area (Å²) in [5.41, 5.74) is 10.1. The fourth-order valence-corrected chi connectivity index (χ4v) is 4.67. The van der Waals surface area contributed by atoms with Crippen LogP contribution >= 0.6 is 0 Å². The minimum Gasteiger partial charge on any atom is -0.435 e. The molecule has 1 aliphatic heterocycles. The normalized spacial score (nSPS) is 14.3. The van der Waals surface area contributed by atoms with Gasteiger partial charge in [0.2, 0.25) is 0 Å². The number of alkyl halides is 2. The van der Waals surface area contributed by atoms with Crippen LogP contribution in [0.3, 0.4) is 0 Å². The monoisotopic (exact) mass is 521 g/mol. The minimum absolute atomic E-state index is 0.0320. The number of fused-ring (bicyclic) bond motifs is 1. The van der Waals surface area contributed by atoms with Crippen molar-refractivity contribution in [1.29, 1.82) is 0 Å². The van der Waals surface area contributed by atoms with Crippen molar-refractivity contribution in [2.75, 3.05) is 44.6 Å². The van der Waals surface area contributed by atoms with E-state index in [9.17, 15) is 13.6 Å². The van der Waals surface area contributed by atoms with Crippen molar-refractivity contribution in [1.82, 2.24) is 24.2 Å². The number of halogens is 2. The van der Waals surface area contributed by atoms with E-state index in [0.717, 1.165) is 42.1 Å². The number of aryl methyl sites for hydroxylation is 1. The molecule has 0 radical (unpaired) electrons. The molecule has 4 aromatic rings. The van der Waals surface area contributed by atoms with Gasteiger partial charge in [-0.25, -0.2) is 9.97 Å². The number of piperazine rings is 1. The van der Waals surface area contributed by atoms with Crippen LogP contribution < -0.4 is 15.8 Å². The number of rotatable bonds is 8. The standard InChI is InChI=1S/C27H29F2N7O2/c1-18-16-20(4-7-22(18)26(37)35-14-12-34(10-8-30)13-15-35)33-24-25-32-17-23(36(25)11-9-31-24)19-2-5-21(6-3-19)38-27(28)29/h2-7,9,11,16-17,27H,8,10,12-15,30H2,1H3,(H,31,33). The first-order valence-corrected chi connectivity index (χ1v) is 12.4. The molecule has 0 bridgehead atoms. The fraction of sp³-hybridized carbons (Fsp3) is 0.296. The quantitative estimate of drug-likeness (QED) is 0.364. The van der Waals surface area contributed by atoms with Gasteiger partial charge < -0.3 is 20.7 Å². The molecule has 1 aliphatic rings. The molecule has 1 saturated heterocycles. The number of nitrogens with one attached hydrogen (secondary N) is 1. The van der Waals surface area contributed by atoms with Crippen molar-refractivity contribution in [2.24, 2.45) is 5.73 Å². The molecule has 2 aromatic heterocycles. The van der Waals surface area contributed by atoms with Crippen LogP contribution in [0.2, 0.25) is 0 Å². The first-order valence-electron chi connectivity index (χ1n) is 12.4. The van der Waals surface area contributed by atoms with Gasteiger partial charge in [-0.1, -0.05) is 0 Å². The Morgan fingerprint density at radius 3 is 2.55 bits per heavy atom. The molecular weight excluding hydrogens is 492 g/mol. The summed E-state index contributed by atoms with van der Waals surface area (Å²) >= 11 is 0. The molecule has 0 atom stereocenters. The van der Waals surface area contributed by atoms with Gasteiger partial charge in [0.1, 0.15) is 5.75 Å². The van der Waals surface area contributed by atoms with E-state index < -0.39 is 6.61 Å². The number of carbonyl (C=O) groups is 1. The number of hydrogen-bond acceptors (Lipinski definition) is 7. The van der Waals surface area contributed by atoms with Crippen molar-refractivity contribution in [2.45, 2.75) is 13.5 Å². The van der Waals surface area contributed by atoms with Gasteiger partial charge in [-0.05, 0) is 55.0 Å². The average molecular weight is 522 g/mol. The van der Waals surface area contributed by atoms with E-state index in [-0.39, 0.29) is 11.7 Å². The highest BCUT2D eigenvalue weighted by molar-refractivity contribution is 5.96. The fourth-order valence-electron chi connectivity index (χ4n) is 4.67. The minimum atomic E-state index is -2.87. The summed E-state index contributed by atoms with van der Waals surface area (Å²) < 4.78 is 31.2. The van der Waals surface area contributed by atoms with E-state index in [0.29, 0.717) is 36.7 Å². The molecule has 38 heavy (non-hydrogen) atoms. The Morgan fingerprint density at radius 2 is 1.87 bits per heavy atom. The Hall–Kier alpha value is -4.09. The van der Waals surface area contributed by atoms with Crippen LogP contribution in [0.1, 0.15) is 15.9 Å². The third-order valence-corrected chi connectivity index (χ3v) is 6.63. The molecule has 5 rings (SSSR count). The third-order valence-electron chi connectivity index (χ3n) is 6.63. The van der Waals surface area contributed by atoms with Gasteiger partial charge in [0.05, 0.1) is 11.9 Å². The summed E-state index contributed by atoms with van der Waals surface area (Å²) in [4.78, 5) is 26.3. The largest absolute Gasteiger partial charge is 0.435 e. The molecule has 0 saturated carbocycles. The van der Waals surface area contributed by atoms with E-state index in [1.165, 1.54) is 12.1 Å². The van der Waals surface area contributed by atoms with Gasteiger partial charge in [0.25, 0.3) is 5.91 Å². The SMILES string of the molecule is Cc1cc(Nc2nccn3c(-c4ccc(OC(F)F)cc4)cnc23)ccc1C(=O)N1CCN(CCN)CC1. The second kappa shape index (κ2) is 11.1. The highest BCUT2D eigenvalue weighted by atomic mass is 19.3. The number of aromatic nitrogens is 3. The zero-order chi connectivity index (χ0) is 26.6. The van der Waals surface area contributed by atoms with Gasteiger partial charge in [0.15, 0.2) is 11.5 Å². The molecule has 3 N–H and O–H groups in total. The number of amides is 1. The Labute approximate surface area is 218 Å². The van der Waals surface area contributed by atoms with Gasteiger partial charge in [-0.2, -0.15) is 8.78 Å². The predicted molar refractivity (Wildman–Crippen MR) is 141 cm³/mol. The van der Waals surface area contributed by atoms with Gasteiger partial charge >= 0.3 is 6.61 Å². The smallest absolute Gasteiger partial charge is 0.387 e. The summed E-state index contributed by atoms with van der Waals surface area (Å²) in [6.45, 7) is 3.56. The number of benzene rings is 2. The van der Waals surface area contributed by atoms with Gasteiger partial charge in [0, 0.05) is 68.5 Å². The second-order valence-electron chi connectivity index (χ2n) is 9.09. The molecule has 9 nitrogen and oxygen atoms in total. The van der Waals surface area contributed by atoms with Crippen LogP contribution in [0.4, 0.5) is 20.3 Å². The van der Waals surface area contributed by atoms with E-state index >= 15 is 0 Å². The zero-order valence-corrected chi connectivity index (χ0v) is 21.0. The van der Waals surface area contributed by atoms with Crippen LogP contribution in [-0.2, 0) is 0 Å². The summed E-state index contributed by atoms with van der Waals surface area (Å²) in [6, 6.07) is 12.0. The highest BCUT2D eigenvalue weighted by Crippen LogP contribution is 2.28. The highest BCUT2D eigenvalue weighted by Gasteiger charge is 2.23. The maximum absolute atomic E-state index is 13.1. The number of nitrogens with two attached hydrogens (primary N) is 1. The molecule has 0 spiro atoms. The van der Waals surface area contributed by atoms with Crippen LogP contribution in [0.15, 0.2) is 61.1 Å².